The van der Waals surface area contributed by atoms with Crippen LogP contribution >= 0.6 is 0 Å². The van der Waals surface area contributed by atoms with Gasteiger partial charge in [-0.3, -0.25) is 4.79 Å². The van der Waals surface area contributed by atoms with Crippen LogP contribution in [0.3, 0.4) is 0 Å². The van der Waals surface area contributed by atoms with Gasteiger partial charge >= 0.3 is 0 Å². The summed E-state index contributed by atoms with van der Waals surface area (Å²) in [6.07, 6.45) is 0.716. The smallest absolute Gasteiger partial charge is 0.251 e. The monoisotopic (exact) mass is 300 g/mol. The Kier molecular flexibility index (Phi) is 5.67. The lowest BCUT2D eigenvalue weighted by molar-refractivity contribution is 0.0894. The van der Waals surface area contributed by atoms with E-state index >= 15 is 0 Å². The summed E-state index contributed by atoms with van der Waals surface area (Å²) < 4.78 is 27.7. The largest absolute Gasteiger partial charge is 0.383 e. The first kappa shape index (κ1) is 16.6. The number of amides is 1. The Morgan fingerprint density at radius 3 is 2.60 bits per heavy atom. The standard InChI is InChI=1S/C13H20N2O4S/c1-4-10(8-19-3)15-13(16)12-7-11(20(14,17)18)6-5-9(12)2/h5-7,10H,4,8H2,1-3H3,(H,15,16)(H2,14,17,18). The molecule has 1 rings (SSSR count). The van der Waals surface area contributed by atoms with Crippen molar-refractivity contribution in [1.82, 2.24) is 5.32 Å². The van der Waals surface area contributed by atoms with Crippen molar-refractivity contribution in [3.63, 3.8) is 0 Å². The molecule has 0 radical (unpaired) electrons. The van der Waals surface area contributed by atoms with E-state index in [2.05, 4.69) is 5.32 Å². The van der Waals surface area contributed by atoms with Crippen LogP contribution in [0.4, 0.5) is 0 Å². The maximum Gasteiger partial charge on any atom is 0.251 e. The molecule has 0 spiro atoms. The number of carbonyl (C=O) groups is 1. The summed E-state index contributed by atoms with van der Waals surface area (Å²) >= 11 is 0. The van der Waals surface area contributed by atoms with Gasteiger partial charge in [-0.25, -0.2) is 13.6 Å². The third-order valence-corrected chi connectivity index (χ3v) is 3.89. The third kappa shape index (κ3) is 4.29. The number of nitrogens with two attached hydrogens (primary N) is 1. The van der Waals surface area contributed by atoms with Crippen LogP contribution in [-0.2, 0) is 14.8 Å². The number of methoxy groups -OCH3 is 1. The van der Waals surface area contributed by atoms with Crippen LogP contribution in [0, 0.1) is 6.92 Å². The van der Waals surface area contributed by atoms with Crippen molar-refractivity contribution >= 4 is 15.9 Å². The number of carbonyl (C=O) groups excluding carboxylic acids is 1. The van der Waals surface area contributed by atoms with Gasteiger partial charge in [0.2, 0.25) is 10.0 Å². The van der Waals surface area contributed by atoms with Crippen molar-refractivity contribution in [1.29, 1.82) is 0 Å². The Morgan fingerprint density at radius 1 is 1.45 bits per heavy atom. The molecular formula is C13H20N2O4S. The molecule has 1 atom stereocenters. The van der Waals surface area contributed by atoms with E-state index in [-0.39, 0.29) is 16.8 Å². The molecule has 1 aromatic carbocycles. The number of benzene rings is 1. The molecule has 0 aliphatic carbocycles. The second kappa shape index (κ2) is 6.83. The SMILES string of the molecule is CCC(COC)NC(=O)c1cc(S(N)(=O)=O)ccc1C. The lowest BCUT2D eigenvalue weighted by atomic mass is 10.1. The van der Waals surface area contributed by atoms with E-state index in [1.54, 1.807) is 20.1 Å². The maximum absolute atomic E-state index is 12.2. The second-order valence-electron chi connectivity index (χ2n) is 4.56. The van der Waals surface area contributed by atoms with Gasteiger partial charge in [-0.05, 0) is 31.0 Å². The van der Waals surface area contributed by atoms with E-state index in [0.29, 0.717) is 24.2 Å². The van der Waals surface area contributed by atoms with Gasteiger partial charge in [-0.15, -0.1) is 0 Å². The highest BCUT2D eigenvalue weighted by molar-refractivity contribution is 7.89. The summed E-state index contributed by atoms with van der Waals surface area (Å²) in [4.78, 5) is 12.1. The molecule has 0 heterocycles. The van der Waals surface area contributed by atoms with Crippen LogP contribution in [0.1, 0.15) is 29.3 Å². The Balaban J connectivity index is 3.03. The van der Waals surface area contributed by atoms with Gasteiger partial charge in [0.05, 0.1) is 17.5 Å². The average molecular weight is 300 g/mol. The fourth-order valence-corrected chi connectivity index (χ4v) is 2.29. The van der Waals surface area contributed by atoms with Crippen molar-refractivity contribution in [2.45, 2.75) is 31.2 Å². The van der Waals surface area contributed by atoms with Crippen molar-refractivity contribution in [3.05, 3.63) is 29.3 Å². The molecule has 6 nitrogen and oxygen atoms in total. The van der Waals surface area contributed by atoms with Crippen LogP contribution in [0.2, 0.25) is 0 Å². The van der Waals surface area contributed by atoms with Crippen molar-refractivity contribution in [3.8, 4) is 0 Å². The van der Waals surface area contributed by atoms with Gasteiger partial charge < -0.3 is 10.1 Å². The molecule has 0 saturated carbocycles. The van der Waals surface area contributed by atoms with Crippen molar-refractivity contribution in [2.24, 2.45) is 5.14 Å². The number of sulfonamides is 1. The van der Waals surface area contributed by atoms with Gasteiger partial charge in [0.25, 0.3) is 5.91 Å². The molecule has 0 aliphatic rings. The molecule has 0 aliphatic heterocycles. The zero-order valence-electron chi connectivity index (χ0n) is 11.8. The number of aryl methyl sites for hydroxylation is 1. The molecule has 0 fully saturated rings. The molecule has 1 amide bonds. The summed E-state index contributed by atoms with van der Waals surface area (Å²) in [7, 11) is -2.27. The zero-order valence-corrected chi connectivity index (χ0v) is 12.7. The van der Waals surface area contributed by atoms with E-state index in [1.807, 2.05) is 6.92 Å². The summed E-state index contributed by atoms with van der Waals surface area (Å²) in [5, 5.41) is 7.88. The minimum Gasteiger partial charge on any atom is -0.383 e. The molecule has 0 bridgehead atoms. The fraction of sp³-hybridized carbons (Fsp3) is 0.462. The minimum absolute atomic E-state index is 0.0759. The van der Waals surface area contributed by atoms with Crippen LogP contribution in [0.15, 0.2) is 23.1 Å². The number of ether oxygens (including phenoxy) is 1. The third-order valence-electron chi connectivity index (χ3n) is 2.98. The lowest BCUT2D eigenvalue weighted by Crippen LogP contribution is -2.37. The molecule has 112 valence electrons. The lowest BCUT2D eigenvalue weighted by Gasteiger charge is -2.17. The van der Waals surface area contributed by atoms with Gasteiger partial charge in [-0.1, -0.05) is 13.0 Å². The molecule has 1 aromatic rings. The second-order valence-corrected chi connectivity index (χ2v) is 6.12. The number of hydrogen-bond acceptors (Lipinski definition) is 4. The van der Waals surface area contributed by atoms with E-state index in [4.69, 9.17) is 9.88 Å². The summed E-state index contributed by atoms with van der Waals surface area (Å²) in [6, 6.07) is 4.12. The van der Waals surface area contributed by atoms with E-state index in [1.165, 1.54) is 12.1 Å². The van der Waals surface area contributed by atoms with E-state index in [9.17, 15) is 13.2 Å². The van der Waals surface area contributed by atoms with Gasteiger partial charge in [0, 0.05) is 12.7 Å². The van der Waals surface area contributed by atoms with Gasteiger partial charge in [0.15, 0.2) is 0 Å². The highest BCUT2D eigenvalue weighted by atomic mass is 32.2. The molecular weight excluding hydrogens is 280 g/mol. The number of nitrogens with one attached hydrogen (secondary N) is 1. The molecule has 0 aromatic heterocycles. The summed E-state index contributed by atoms with van der Waals surface area (Å²) in [5.74, 6) is -0.336. The maximum atomic E-state index is 12.2. The first-order valence-electron chi connectivity index (χ1n) is 6.22. The summed E-state index contributed by atoms with van der Waals surface area (Å²) in [5.41, 5.74) is 0.980. The van der Waals surface area contributed by atoms with Crippen LogP contribution in [-0.4, -0.2) is 34.1 Å². The fourth-order valence-electron chi connectivity index (χ4n) is 1.75. The van der Waals surface area contributed by atoms with E-state index in [0.717, 1.165) is 0 Å². The predicted octanol–water partition coefficient (Wildman–Crippen LogP) is 0.797. The molecule has 1 unspecified atom stereocenters. The topological polar surface area (TPSA) is 98.5 Å². The Bertz CT molecular complexity index is 584. The Hall–Kier alpha value is -1.44. The first-order chi connectivity index (χ1) is 9.29. The van der Waals surface area contributed by atoms with Gasteiger partial charge in [0.1, 0.15) is 0 Å². The molecule has 3 N–H and O–H groups in total. The van der Waals surface area contributed by atoms with Crippen LogP contribution in [0.25, 0.3) is 0 Å². The normalized spacial score (nSPS) is 13.0. The average Bonchev–Trinajstić information content (AvgIpc) is 2.37. The Morgan fingerprint density at radius 2 is 2.10 bits per heavy atom. The highest BCUT2D eigenvalue weighted by Gasteiger charge is 2.17. The zero-order chi connectivity index (χ0) is 15.3. The molecule has 20 heavy (non-hydrogen) atoms. The predicted molar refractivity (Wildman–Crippen MR) is 76.0 cm³/mol. The van der Waals surface area contributed by atoms with E-state index < -0.39 is 10.0 Å². The number of rotatable bonds is 6. The minimum atomic E-state index is -3.82. The highest BCUT2D eigenvalue weighted by Crippen LogP contribution is 2.15. The summed E-state index contributed by atoms with van der Waals surface area (Å²) in [6.45, 7) is 4.06. The number of hydrogen-bond donors (Lipinski definition) is 2. The van der Waals surface area contributed by atoms with Crippen LogP contribution < -0.4 is 10.5 Å². The molecule has 0 saturated heterocycles. The van der Waals surface area contributed by atoms with Crippen LogP contribution in [0.5, 0.6) is 0 Å². The Labute approximate surface area is 119 Å². The number of primary sulfonamides is 1. The van der Waals surface area contributed by atoms with Crippen molar-refractivity contribution in [2.75, 3.05) is 13.7 Å². The van der Waals surface area contributed by atoms with Crippen molar-refractivity contribution < 1.29 is 17.9 Å². The van der Waals surface area contributed by atoms with Gasteiger partial charge in [-0.2, -0.15) is 0 Å². The quantitative estimate of drug-likeness (QED) is 0.811. The molecule has 7 heteroatoms. The first-order valence-corrected chi connectivity index (χ1v) is 7.77.